The van der Waals surface area contributed by atoms with Gasteiger partial charge in [0, 0.05) is 36.3 Å². The maximum absolute atomic E-state index is 3.64. The molecule has 18 unspecified atom stereocenters. The molecule has 0 N–H and O–H groups in total. The molecule has 554 valence electrons. The van der Waals surface area contributed by atoms with Gasteiger partial charge in [-0.2, -0.15) is 0 Å². The van der Waals surface area contributed by atoms with Gasteiger partial charge in [0.2, 0.25) is 0 Å². The second-order valence-electron chi connectivity index (χ2n) is 39.7. The van der Waals surface area contributed by atoms with Crippen LogP contribution in [-0.4, -0.2) is 46.1 Å². The molecule has 12 aliphatic rings. The number of nitrogens with zero attached hydrogens (tertiary/aromatic N) is 2. The lowest BCUT2D eigenvalue weighted by Crippen LogP contribution is -2.67. The van der Waals surface area contributed by atoms with Gasteiger partial charge in [0.15, 0.2) is 0 Å². The van der Waals surface area contributed by atoms with Crippen LogP contribution in [0.2, 0.25) is 0 Å². The summed E-state index contributed by atoms with van der Waals surface area (Å²) < 4.78 is 0. The van der Waals surface area contributed by atoms with E-state index in [9.17, 15) is 0 Å². The van der Waals surface area contributed by atoms with Crippen LogP contribution in [0.5, 0.6) is 0 Å². The minimum Gasteiger partial charge on any atom is -0.294 e. The summed E-state index contributed by atoms with van der Waals surface area (Å²) in [6.07, 6.45) is 95.7. The summed E-state index contributed by atoms with van der Waals surface area (Å²) in [5, 5.41) is 0. The van der Waals surface area contributed by atoms with E-state index in [0.717, 1.165) is 155 Å². The number of hydrogen-bond donors (Lipinski definition) is 0. The zero-order valence-corrected chi connectivity index (χ0v) is 65.7. The van der Waals surface area contributed by atoms with E-state index >= 15 is 0 Å². The molecule has 0 aromatic carbocycles. The fourth-order valence-corrected chi connectivity index (χ4v) is 28.7. The van der Waals surface area contributed by atoms with Crippen molar-refractivity contribution in [2.45, 2.75) is 476 Å². The topological polar surface area (TPSA) is 6.48 Å². The van der Waals surface area contributed by atoms with E-state index < -0.39 is 0 Å². The Hall–Kier alpha value is -0.0800. The lowest BCUT2D eigenvalue weighted by Gasteiger charge is -2.68. The van der Waals surface area contributed by atoms with E-state index in [2.05, 4.69) is 51.3 Å². The zero-order chi connectivity index (χ0) is 66.0. The standard InChI is InChI=1S/C94H168N2/c1-7-11-15-19-23-27-31-71-41-55-83(56-42-71)95(81-51-35-69(5)36-52-81)91-67-89(79-49-47-75-63-73(39-45-77(75)65-79)33-29-25-21-17-13-9-3)85-60-62-88-92(96(82-53-37-70(6)38-54-82)84-57-43-72(44-58-84)32-28-24-20-16-12-8-2)68-90(86-59-61-87(91)93(85)94(86)88)80-50-48-76-64-74(40-46-78(76)66-80)34-30-26-22-18-14-10-4/h69-94H,7-68H2,1-6H3. The Labute approximate surface area is 600 Å². The molecule has 0 aliphatic heterocycles. The van der Waals surface area contributed by atoms with Crippen molar-refractivity contribution in [1.82, 2.24) is 9.80 Å². The van der Waals surface area contributed by atoms with Crippen LogP contribution in [0.1, 0.15) is 440 Å². The Balaban J connectivity index is 0.848. The molecule has 0 heterocycles. The molecule has 96 heavy (non-hydrogen) atoms. The summed E-state index contributed by atoms with van der Waals surface area (Å²) in [6, 6.07) is 5.29. The molecule has 0 aromatic heterocycles. The predicted octanol–water partition coefficient (Wildman–Crippen LogP) is 28.6. The molecule has 0 saturated heterocycles. The van der Waals surface area contributed by atoms with Gasteiger partial charge >= 0.3 is 0 Å². The molecule has 2 nitrogen and oxygen atoms in total. The first-order valence-corrected chi connectivity index (χ1v) is 46.8. The van der Waals surface area contributed by atoms with E-state index in [0.29, 0.717) is 0 Å². The summed E-state index contributed by atoms with van der Waals surface area (Å²) in [5.74, 6) is 20.5. The van der Waals surface area contributed by atoms with Gasteiger partial charge in [0.1, 0.15) is 0 Å². The van der Waals surface area contributed by atoms with Crippen LogP contribution in [0.25, 0.3) is 0 Å². The molecule has 18 atom stereocenters. The maximum Gasteiger partial charge on any atom is 0.0135 e. The predicted molar refractivity (Wildman–Crippen MR) is 417 cm³/mol. The van der Waals surface area contributed by atoms with Crippen LogP contribution in [0, 0.1) is 118 Å². The summed E-state index contributed by atoms with van der Waals surface area (Å²) in [4.78, 5) is 7.29. The lowest BCUT2D eigenvalue weighted by molar-refractivity contribution is -0.192. The maximum atomic E-state index is 3.64. The first-order valence-electron chi connectivity index (χ1n) is 46.8. The van der Waals surface area contributed by atoms with E-state index in [1.807, 2.05) is 0 Å². The fourth-order valence-electron chi connectivity index (χ4n) is 28.7. The van der Waals surface area contributed by atoms with Gasteiger partial charge in [-0.15, -0.1) is 0 Å². The summed E-state index contributed by atoms with van der Waals surface area (Å²) in [5.41, 5.74) is 0. The molecule has 0 spiro atoms. The molecule has 2 heteroatoms. The van der Waals surface area contributed by atoms with Crippen LogP contribution in [0.3, 0.4) is 0 Å². The second-order valence-corrected chi connectivity index (χ2v) is 39.7. The molecule has 0 bridgehead atoms. The van der Waals surface area contributed by atoms with Crippen LogP contribution in [0.4, 0.5) is 0 Å². The lowest BCUT2D eigenvalue weighted by atomic mass is 9.40. The van der Waals surface area contributed by atoms with Crippen molar-refractivity contribution < 1.29 is 0 Å². The molecule has 12 aliphatic carbocycles. The van der Waals surface area contributed by atoms with Gasteiger partial charge in [0.25, 0.3) is 0 Å². The van der Waals surface area contributed by atoms with E-state index in [-0.39, 0.29) is 0 Å². The molecule has 12 rings (SSSR count). The first-order chi connectivity index (χ1) is 47.3. The van der Waals surface area contributed by atoms with Crippen LogP contribution in [-0.2, 0) is 0 Å². The summed E-state index contributed by atoms with van der Waals surface area (Å²) in [7, 11) is 0. The van der Waals surface area contributed by atoms with Gasteiger partial charge in [0.05, 0.1) is 0 Å². The monoisotopic (exact) mass is 1330 g/mol. The van der Waals surface area contributed by atoms with Crippen molar-refractivity contribution in [2.75, 3.05) is 0 Å². The summed E-state index contributed by atoms with van der Waals surface area (Å²) in [6.45, 7) is 14.9. The molecule has 0 radical (unpaired) electrons. The van der Waals surface area contributed by atoms with E-state index in [1.165, 1.54) is 205 Å². The normalized spacial score (nSPS) is 42.0. The van der Waals surface area contributed by atoms with Gasteiger partial charge < -0.3 is 0 Å². The molecular weight excluding hydrogens is 1160 g/mol. The van der Waals surface area contributed by atoms with Gasteiger partial charge in [-0.3, -0.25) is 9.80 Å². The van der Waals surface area contributed by atoms with Crippen molar-refractivity contribution in [3.05, 3.63) is 0 Å². The van der Waals surface area contributed by atoms with Crippen molar-refractivity contribution >= 4 is 0 Å². The van der Waals surface area contributed by atoms with Crippen molar-refractivity contribution in [3.63, 3.8) is 0 Å². The molecule has 0 aromatic rings. The Morgan fingerprint density at radius 3 is 0.812 bits per heavy atom. The van der Waals surface area contributed by atoms with Gasteiger partial charge in [-0.25, -0.2) is 0 Å². The average Bonchev–Trinajstić information content (AvgIpc) is 0.704. The van der Waals surface area contributed by atoms with Crippen molar-refractivity contribution in [2.24, 2.45) is 118 Å². The van der Waals surface area contributed by atoms with Gasteiger partial charge in [-0.05, 0) is 324 Å². The SMILES string of the molecule is CCCCCCCCC1CCC(N(C2CCC(C)CC2)C2CC(C3CCC4CC(CCCCCCCC)CCC4C3)C3CCC4C5C(CCC2C35)C(C2CCC3CC(CCCCCCCC)CCC3C2)CC4N(C2CCC(C)CC2)C2CCC(CCCCCCCC)CC2)CC1. The molecule has 12 fully saturated rings. The largest absolute Gasteiger partial charge is 0.294 e. The summed E-state index contributed by atoms with van der Waals surface area (Å²) >= 11 is 0. The molecule has 0 amide bonds. The third kappa shape index (κ3) is 19.9. The van der Waals surface area contributed by atoms with E-state index in [4.69, 9.17) is 0 Å². The number of unbranched alkanes of at least 4 members (excludes halogenated alkanes) is 20. The van der Waals surface area contributed by atoms with E-state index in [1.54, 1.807) is 193 Å². The average molecular weight is 1330 g/mol. The Morgan fingerprint density at radius 2 is 0.469 bits per heavy atom. The van der Waals surface area contributed by atoms with Crippen LogP contribution >= 0.6 is 0 Å². The van der Waals surface area contributed by atoms with Crippen molar-refractivity contribution in [3.8, 4) is 0 Å². The van der Waals surface area contributed by atoms with Gasteiger partial charge in [-0.1, -0.05) is 234 Å². The fraction of sp³-hybridized carbons (Fsp3) is 1.00. The smallest absolute Gasteiger partial charge is 0.0135 e. The zero-order valence-electron chi connectivity index (χ0n) is 65.7. The molecule has 12 saturated carbocycles. The van der Waals surface area contributed by atoms with Crippen molar-refractivity contribution in [1.29, 1.82) is 0 Å². The Bertz CT molecular complexity index is 1940. The highest BCUT2D eigenvalue weighted by Gasteiger charge is 2.64. The third-order valence-electron chi connectivity index (χ3n) is 33.9. The minimum atomic E-state index is 0.876. The quantitative estimate of drug-likeness (QED) is 0.0577. The second kappa shape index (κ2) is 39.3. The highest BCUT2D eigenvalue weighted by Crippen LogP contribution is 2.68. The number of rotatable bonds is 36. The highest BCUT2D eigenvalue weighted by molar-refractivity contribution is 5.14. The number of hydrogen-bond acceptors (Lipinski definition) is 2. The highest BCUT2D eigenvalue weighted by atomic mass is 15.2. The first kappa shape index (κ1) is 75.6. The third-order valence-corrected chi connectivity index (χ3v) is 33.9. The molecular formula is C94H168N2. The van der Waals surface area contributed by atoms with Crippen LogP contribution in [0.15, 0.2) is 0 Å². The Kier molecular flexibility index (Phi) is 31.0. The number of fused-ring (bicyclic) bond motifs is 2. The minimum absolute atomic E-state index is 0.876. The Morgan fingerprint density at radius 1 is 0.208 bits per heavy atom. The van der Waals surface area contributed by atoms with Crippen LogP contribution < -0.4 is 0 Å².